The van der Waals surface area contributed by atoms with Gasteiger partial charge in [-0.05, 0) is 30.5 Å². The first kappa shape index (κ1) is 13.8. The van der Waals surface area contributed by atoms with Gasteiger partial charge in [-0.3, -0.25) is 10.1 Å². The molecule has 0 aromatic heterocycles. The van der Waals surface area contributed by atoms with Crippen molar-refractivity contribution in [2.45, 2.75) is 32.7 Å². The van der Waals surface area contributed by atoms with Crippen molar-refractivity contribution >= 4 is 5.69 Å². The predicted molar refractivity (Wildman–Crippen MR) is 73.3 cm³/mol. The molecule has 1 aliphatic carbocycles. The first-order valence-electron chi connectivity index (χ1n) is 6.81. The van der Waals surface area contributed by atoms with E-state index in [1.165, 1.54) is 12.8 Å². The average Bonchev–Trinajstić information content (AvgIpc) is 3.21. The van der Waals surface area contributed by atoms with Crippen LogP contribution in [0.25, 0.3) is 0 Å². The highest BCUT2D eigenvalue weighted by atomic mass is 16.6. The third kappa shape index (κ3) is 4.21. The van der Waals surface area contributed by atoms with E-state index in [9.17, 15) is 10.1 Å². The lowest BCUT2D eigenvalue weighted by Gasteiger charge is -2.08. The molecule has 0 aliphatic heterocycles. The van der Waals surface area contributed by atoms with Gasteiger partial charge in [0.15, 0.2) is 5.75 Å². The molecule has 1 saturated carbocycles. The zero-order valence-corrected chi connectivity index (χ0v) is 11.2. The van der Waals surface area contributed by atoms with Crippen molar-refractivity contribution in [1.82, 2.24) is 5.32 Å². The van der Waals surface area contributed by atoms with E-state index in [0.717, 1.165) is 24.4 Å². The molecular weight excluding hydrogens is 244 g/mol. The minimum absolute atomic E-state index is 0.0613. The molecule has 1 N–H and O–H groups in total. The van der Waals surface area contributed by atoms with E-state index in [1.807, 2.05) is 13.0 Å². The van der Waals surface area contributed by atoms with Gasteiger partial charge in [0, 0.05) is 12.6 Å². The zero-order valence-electron chi connectivity index (χ0n) is 11.2. The highest BCUT2D eigenvalue weighted by molar-refractivity contribution is 5.48. The van der Waals surface area contributed by atoms with Gasteiger partial charge in [-0.15, -0.1) is 0 Å². The third-order valence-corrected chi connectivity index (χ3v) is 3.28. The maximum Gasteiger partial charge on any atom is 0.311 e. The molecule has 0 amide bonds. The van der Waals surface area contributed by atoms with Crippen molar-refractivity contribution in [3.05, 3.63) is 33.9 Å². The zero-order chi connectivity index (χ0) is 13.7. The molecule has 104 valence electrons. The molecule has 2 rings (SSSR count). The number of nitro groups is 1. The highest BCUT2D eigenvalue weighted by Gasteiger charge is 2.22. The van der Waals surface area contributed by atoms with Crippen molar-refractivity contribution < 1.29 is 9.66 Å². The Balaban J connectivity index is 2.00. The van der Waals surface area contributed by atoms with Gasteiger partial charge >= 0.3 is 5.69 Å². The molecule has 1 aromatic rings. The fourth-order valence-electron chi connectivity index (χ4n) is 1.95. The van der Waals surface area contributed by atoms with E-state index < -0.39 is 0 Å². The molecule has 0 spiro atoms. The Morgan fingerprint density at radius 3 is 2.89 bits per heavy atom. The number of hydrogen-bond acceptors (Lipinski definition) is 4. The summed E-state index contributed by atoms with van der Waals surface area (Å²) in [5, 5.41) is 14.2. The van der Waals surface area contributed by atoms with E-state index >= 15 is 0 Å². The average molecular weight is 264 g/mol. The SMILES string of the molecule is CCNCc1ccc(OCCC2CC2)c([N+](=O)[O-])c1. The number of nitrogens with one attached hydrogen (secondary N) is 1. The Labute approximate surface area is 113 Å². The lowest BCUT2D eigenvalue weighted by molar-refractivity contribution is -0.385. The maximum absolute atomic E-state index is 11.1. The van der Waals surface area contributed by atoms with Gasteiger partial charge < -0.3 is 10.1 Å². The summed E-state index contributed by atoms with van der Waals surface area (Å²) in [5.74, 6) is 1.15. The summed E-state index contributed by atoms with van der Waals surface area (Å²) in [6.07, 6.45) is 3.54. The minimum Gasteiger partial charge on any atom is -0.487 e. The molecule has 0 bridgehead atoms. The number of nitro benzene ring substituents is 1. The van der Waals surface area contributed by atoms with Crippen LogP contribution in [0.4, 0.5) is 5.69 Å². The molecule has 1 aromatic carbocycles. The number of hydrogen-bond donors (Lipinski definition) is 1. The van der Waals surface area contributed by atoms with E-state index in [0.29, 0.717) is 18.9 Å². The molecule has 0 heterocycles. The Kier molecular flexibility index (Phi) is 4.74. The van der Waals surface area contributed by atoms with E-state index in [4.69, 9.17) is 4.74 Å². The smallest absolute Gasteiger partial charge is 0.311 e. The van der Waals surface area contributed by atoms with E-state index in [-0.39, 0.29) is 10.6 Å². The van der Waals surface area contributed by atoms with Crippen LogP contribution in [0.2, 0.25) is 0 Å². The molecule has 0 atom stereocenters. The highest BCUT2D eigenvalue weighted by Crippen LogP contribution is 2.33. The van der Waals surface area contributed by atoms with Crippen LogP contribution < -0.4 is 10.1 Å². The molecule has 0 saturated heterocycles. The molecule has 19 heavy (non-hydrogen) atoms. The normalized spacial score (nSPS) is 14.4. The summed E-state index contributed by atoms with van der Waals surface area (Å²) in [5.41, 5.74) is 0.967. The van der Waals surface area contributed by atoms with Gasteiger partial charge in [-0.25, -0.2) is 0 Å². The lowest BCUT2D eigenvalue weighted by atomic mass is 10.2. The second-order valence-corrected chi connectivity index (χ2v) is 4.92. The second-order valence-electron chi connectivity index (χ2n) is 4.92. The molecule has 5 nitrogen and oxygen atoms in total. The molecular formula is C14H20N2O3. The van der Waals surface area contributed by atoms with Crippen LogP contribution in [-0.4, -0.2) is 18.1 Å². The standard InChI is InChI=1S/C14H20N2O3/c1-2-15-10-12-5-6-14(13(9-12)16(17)18)19-8-7-11-3-4-11/h5-6,9,11,15H,2-4,7-8,10H2,1H3. The summed E-state index contributed by atoms with van der Waals surface area (Å²) in [6, 6.07) is 5.18. The van der Waals surface area contributed by atoms with Gasteiger partial charge in [0.25, 0.3) is 0 Å². The van der Waals surface area contributed by atoms with Crippen LogP contribution in [0.5, 0.6) is 5.75 Å². The fourth-order valence-corrected chi connectivity index (χ4v) is 1.95. The fraction of sp³-hybridized carbons (Fsp3) is 0.571. The van der Waals surface area contributed by atoms with Crippen LogP contribution in [0.15, 0.2) is 18.2 Å². The predicted octanol–water partition coefficient (Wildman–Crippen LogP) is 2.88. The monoisotopic (exact) mass is 264 g/mol. The summed E-state index contributed by atoms with van der Waals surface area (Å²) < 4.78 is 5.55. The van der Waals surface area contributed by atoms with Crippen molar-refractivity contribution in [3.63, 3.8) is 0 Å². The minimum atomic E-state index is -0.373. The molecule has 1 aliphatic rings. The summed E-state index contributed by atoms with van der Waals surface area (Å²) in [4.78, 5) is 10.7. The van der Waals surface area contributed by atoms with Crippen LogP contribution >= 0.6 is 0 Å². The second kappa shape index (κ2) is 6.52. The Morgan fingerprint density at radius 2 is 2.26 bits per heavy atom. The first-order valence-corrected chi connectivity index (χ1v) is 6.81. The number of benzene rings is 1. The number of rotatable bonds is 8. The van der Waals surface area contributed by atoms with Crippen LogP contribution in [0, 0.1) is 16.0 Å². The molecule has 1 fully saturated rings. The Bertz CT molecular complexity index is 444. The largest absolute Gasteiger partial charge is 0.487 e. The topological polar surface area (TPSA) is 64.4 Å². The van der Waals surface area contributed by atoms with Gasteiger partial charge in [0.1, 0.15) is 0 Å². The third-order valence-electron chi connectivity index (χ3n) is 3.28. The molecule has 0 radical (unpaired) electrons. The van der Waals surface area contributed by atoms with Crippen LogP contribution in [0.1, 0.15) is 31.7 Å². The number of nitrogens with zero attached hydrogens (tertiary/aromatic N) is 1. The van der Waals surface area contributed by atoms with E-state index in [1.54, 1.807) is 12.1 Å². The lowest BCUT2D eigenvalue weighted by Crippen LogP contribution is -2.12. The maximum atomic E-state index is 11.1. The molecule has 0 unspecified atom stereocenters. The van der Waals surface area contributed by atoms with Gasteiger partial charge in [-0.2, -0.15) is 0 Å². The first-order chi connectivity index (χ1) is 9.20. The summed E-state index contributed by atoms with van der Waals surface area (Å²) >= 11 is 0. The van der Waals surface area contributed by atoms with Crippen molar-refractivity contribution in [2.75, 3.05) is 13.2 Å². The van der Waals surface area contributed by atoms with Gasteiger partial charge in [-0.1, -0.05) is 25.8 Å². The van der Waals surface area contributed by atoms with Crippen molar-refractivity contribution in [2.24, 2.45) is 5.92 Å². The Morgan fingerprint density at radius 1 is 1.47 bits per heavy atom. The van der Waals surface area contributed by atoms with Crippen molar-refractivity contribution in [3.8, 4) is 5.75 Å². The Hall–Kier alpha value is -1.62. The van der Waals surface area contributed by atoms with Crippen molar-refractivity contribution in [1.29, 1.82) is 0 Å². The van der Waals surface area contributed by atoms with E-state index in [2.05, 4.69) is 5.32 Å². The van der Waals surface area contributed by atoms with Crippen LogP contribution in [-0.2, 0) is 6.54 Å². The van der Waals surface area contributed by atoms with Gasteiger partial charge in [0.05, 0.1) is 11.5 Å². The quantitative estimate of drug-likeness (QED) is 0.579. The summed E-state index contributed by atoms with van der Waals surface area (Å²) in [6.45, 7) is 4.05. The molecule has 5 heteroatoms. The number of ether oxygens (including phenoxy) is 1. The van der Waals surface area contributed by atoms with Gasteiger partial charge in [0.2, 0.25) is 0 Å². The van der Waals surface area contributed by atoms with Crippen LogP contribution in [0.3, 0.4) is 0 Å². The summed E-state index contributed by atoms with van der Waals surface area (Å²) in [7, 11) is 0.